The molecule has 2 nitrogen and oxygen atoms in total. The lowest BCUT2D eigenvalue weighted by molar-refractivity contribution is 0.844. The second-order valence-corrected chi connectivity index (χ2v) is 4.81. The van der Waals surface area contributed by atoms with Crippen molar-refractivity contribution in [2.75, 3.05) is 0 Å². The molecule has 0 fully saturated rings. The van der Waals surface area contributed by atoms with Gasteiger partial charge in [-0.05, 0) is 30.5 Å². The van der Waals surface area contributed by atoms with Crippen LogP contribution in [0.25, 0.3) is 0 Å². The Kier molecular flexibility index (Phi) is 3.67. The summed E-state index contributed by atoms with van der Waals surface area (Å²) >= 11 is 3.63. The van der Waals surface area contributed by atoms with Gasteiger partial charge in [0, 0.05) is 12.4 Å². The summed E-state index contributed by atoms with van der Waals surface area (Å²) in [6.45, 7) is 2.13. The maximum Gasteiger partial charge on any atom is 0.142 e. The van der Waals surface area contributed by atoms with Crippen LogP contribution in [-0.4, -0.2) is 9.97 Å². The van der Waals surface area contributed by atoms with E-state index in [0.717, 1.165) is 12.2 Å². The van der Waals surface area contributed by atoms with Crippen molar-refractivity contribution in [2.45, 2.75) is 18.2 Å². The van der Waals surface area contributed by atoms with Crippen LogP contribution in [0.3, 0.4) is 0 Å². The predicted molar refractivity (Wildman–Crippen MR) is 68.6 cm³/mol. The van der Waals surface area contributed by atoms with Gasteiger partial charge in [0.05, 0.1) is 4.83 Å². The largest absolute Gasteiger partial charge is 0.240 e. The van der Waals surface area contributed by atoms with Gasteiger partial charge in [0.25, 0.3) is 0 Å². The summed E-state index contributed by atoms with van der Waals surface area (Å²) in [6, 6.07) is 10.2. The zero-order valence-electron chi connectivity index (χ0n) is 9.10. The minimum atomic E-state index is 0.176. The van der Waals surface area contributed by atoms with E-state index in [1.807, 2.05) is 6.07 Å². The molecule has 1 unspecified atom stereocenters. The van der Waals surface area contributed by atoms with Crippen molar-refractivity contribution in [2.24, 2.45) is 0 Å². The predicted octanol–water partition coefficient (Wildman–Crippen LogP) is 3.46. The Hall–Kier alpha value is -1.22. The fourth-order valence-electron chi connectivity index (χ4n) is 1.60. The molecule has 2 rings (SSSR count). The van der Waals surface area contributed by atoms with Gasteiger partial charge < -0.3 is 0 Å². The minimum Gasteiger partial charge on any atom is -0.240 e. The normalized spacial score (nSPS) is 12.4. The molecule has 1 aromatic carbocycles. The Morgan fingerprint density at radius 1 is 1.12 bits per heavy atom. The Morgan fingerprint density at radius 2 is 1.81 bits per heavy atom. The maximum absolute atomic E-state index is 4.25. The van der Waals surface area contributed by atoms with Crippen molar-refractivity contribution >= 4 is 15.9 Å². The van der Waals surface area contributed by atoms with Crippen molar-refractivity contribution in [1.82, 2.24) is 9.97 Å². The molecule has 82 valence electrons. The number of halogens is 1. The van der Waals surface area contributed by atoms with E-state index in [-0.39, 0.29) is 4.83 Å². The van der Waals surface area contributed by atoms with Crippen LogP contribution in [0.4, 0.5) is 0 Å². The summed E-state index contributed by atoms with van der Waals surface area (Å²) in [5, 5.41) is 0. The van der Waals surface area contributed by atoms with Gasteiger partial charge in [0.15, 0.2) is 0 Å². The molecular formula is C13H13BrN2. The summed E-state index contributed by atoms with van der Waals surface area (Å²) in [7, 11) is 0. The Bertz CT molecular complexity index is 456. The van der Waals surface area contributed by atoms with Gasteiger partial charge >= 0.3 is 0 Å². The highest BCUT2D eigenvalue weighted by Gasteiger charge is 2.11. The monoisotopic (exact) mass is 276 g/mol. The van der Waals surface area contributed by atoms with Crippen LogP contribution in [-0.2, 0) is 6.42 Å². The molecular weight excluding hydrogens is 264 g/mol. The third-order valence-electron chi connectivity index (χ3n) is 2.53. The van der Waals surface area contributed by atoms with Crippen LogP contribution < -0.4 is 0 Å². The van der Waals surface area contributed by atoms with E-state index in [9.17, 15) is 0 Å². The lowest BCUT2D eigenvalue weighted by Gasteiger charge is -2.10. The summed E-state index contributed by atoms with van der Waals surface area (Å²) in [4.78, 5) is 8.67. The molecule has 0 saturated heterocycles. The Balaban J connectivity index is 2.14. The van der Waals surface area contributed by atoms with Crippen LogP contribution in [0, 0.1) is 6.92 Å². The van der Waals surface area contributed by atoms with Crippen molar-refractivity contribution in [3.8, 4) is 0 Å². The van der Waals surface area contributed by atoms with E-state index in [4.69, 9.17) is 0 Å². The fourth-order valence-corrected chi connectivity index (χ4v) is 2.18. The first kappa shape index (κ1) is 11.3. The Labute approximate surface area is 104 Å². The van der Waals surface area contributed by atoms with E-state index >= 15 is 0 Å². The first-order chi connectivity index (χ1) is 7.77. The number of hydrogen-bond acceptors (Lipinski definition) is 2. The molecule has 3 heteroatoms. The standard InChI is InChI=1S/C13H13BrN2/c1-10-5-2-3-6-11(10)9-12(14)13-15-7-4-8-16-13/h2-8,12H,9H2,1H3. The number of aromatic nitrogens is 2. The molecule has 0 aliphatic heterocycles. The average molecular weight is 277 g/mol. The quantitative estimate of drug-likeness (QED) is 0.803. The number of rotatable bonds is 3. The highest BCUT2D eigenvalue weighted by Crippen LogP contribution is 2.24. The number of hydrogen-bond donors (Lipinski definition) is 0. The molecule has 16 heavy (non-hydrogen) atoms. The lowest BCUT2D eigenvalue weighted by atomic mass is 10.0. The second-order valence-electron chi connectivity index (χ2n) is 3.71. The van der Waals surface area contributed by atoms with Crippen molar-refractivity contribution in [1.29, 1.82) is 0 Å². The third kappa shape index (κ3) is 2.67. The van der Waals surface area contributed by atoms with Crippen LogP contribution in [0.1, 0.15) is 21.8 Å². The second kappa shape index (κ2) is 5.21. The van der Waals surface area contributed by atoms with Gasteiger partial charge in [-0.25, -0.2) is 9.97 Å². The first-order valence-corrected chi connectivity index (χ1v) is 6.14. The van der Waals surface area contributed by atoms with Crippen LogP contribution in [0.15, 0.2) is 42.7 Å². The molecule has 0 saturated carbocycles. The molecule has 0 aliphatic carbocycles. The van der Waals surface area contributed by atoms with Gasteiger partial charge in [-0.2, -0.15) is 0 Å². The summed E-state index contributed by atoms with van der Waals surface area (Å²) in [5.74, 6) is 0.839. The number of aryl methyl sites for hydroxylation is 1. The third-order valence-corrected chi connectivity index (χ3v) is 3.26. The van der Waals surface area contributed by atoms with Gasteiger partial charge in [0.2, 0.25) is 0 Å². The Morgan fingerprint density at radius 3 is 2.50 bits per heavy atom. The van der Waals surface area contributed by atoms with Crippen LogP contribution >= 0.6 is 15.9 Å². The van der Waals surface area contributed by atoms with E-state index in [1.165, 1.54) is 11.1 Å². The van der Waals surface area contributed by atoms with Gasteiger partial charge in [0.1, 0.15) is 5.82 Å². The molecule has 1 atom stereocenters. The van der Waals surface area contributed by atoms with Crippen LogP contribution in [0.2, 0.25) is 0 Å². The summed E-state index contributed by atoms with van der Waals surface area (Å²) in [6.07, 6.45) is 4.46. The van der Waals surface area contributed by atoms with Gasteiger partial charge in [-0.3, -0.25) is 0 Å². The lowest BCUT2D eigenvalue weighted by Crippen LogP contribution is -2.01. The van der Waals surface area contributed by atoms with E-state index < -0.39 is 0 Å². The molecule has 0 aliphatic rings. The first-order valence-electron chi connectivity index (χ1n) is 5.23. The molecule has 0 radical (unpaired) electrons. The molecule has 0 spiro atoms. The SMILES string of the molecule is Cc1ccccc1CC(Br)c1ncccn1. The molecule has 0 bridgehead atoms. The number of nitrogens with zero attached hydrogens (tertiary/aromatic N) is 2. The average Bonchev–Trinajstić information content (AvgIpc) is 2.33. The number of alkyl halides is 1. The van der Waals surface area contributed by atoms with Crippen molar-refractivity contribution in [3.63, 3.8) is 0 Å². The van der Waals surface area contributed by atoms with E-state index in [1.54, 1.807) is 12.4 Å². The zero-order valence-corrected chi connectivity index (χ0v) is 10.7. The zero-order chi connectivity index (χ0) is 11.4. The van der Waals surface area contributed by atoms with Crippen LogP contribution in [0.5, 0.6) is 0 Å². The summed E-state index contributed by atoms with van der Waals surface area (Å²) < 4.78 is 0. The van der Waals surface area contributed by atoms with Gasteiger partial charge in [-0.15, -0.1) is 0 Å². The highest BCUT2D eigenvalue weighted by atomic mass is 79.9. The van der Waals surface area contributed by atoms with Crippen molar-refractivity contribution in [3.05, 3.63) is 59.7 Å². The van der Waals surface area contributed by atoms with Gasteiger partial charge in [-0.1, -0.05) is 40.2 Å². The summed E-state index contributed by atoms with van der Waals surface area (Å²) in [5.41, 5.74) is 2.64. The fraction of sp³-hybridized carbons (Fsp3) is 0.231. The van der Waals surface area contributed by atoms with E-state index in [0.29, 0.717) is 0 Å². The molecule has 0 amide bonds. The topological polar surface area (TPSA) is 25.8 Å². The molecule has 2 aromatic rings. The van der Waals surface area contributed by atoms with Crippen molar-refractivity contribution < 1.29 is 0 Å². The molecule has 1 heterocycles. The highest BCUT2D eigenvalue weighted by molar-refractivity contribution is 9.09. The minimum absolute atomic E-state index is 0.176. The maximum atomic E-state index is 4.25. The smallest absolute Gasteiger partial charge is 0.142 e. The van der Waals surface area contributed by atoms with E-state index in [2.05, 4.69) is 57.1 Å². The number of benzene rings is 1. The molecule has 1 aromatic heterocycles. The molecule has 0 N–H and O–H groups in total.